The van der Waals surface area contributed by atoms with E-state index in [9.17, 15) is 9.90 Å². The summed E-state index contributed by atoms with van der Waals surface area (Å²) in [5.74, 6) is 0.388. The highest BCUT2D eigenvalue weighted by atomic mass is 35.5. The molecule has 0 unspecified atom stereocenters. The number of hydrogen-bond acceptors (Lipinski definition) is 7. The van der Waals surface area contributed by atoms with Crippen molar-refractivity contribution in [2.24, 2.45) is 0 Å². The van der Waals surface area contributed by atoms with Crippen LogP contribution in [0.5, 0.6) is 5.75 Å². The van der Waals surface area contributed by atoms with Gasteiger partial charge in [0.1, 0.15) is 0 Å². The van der Waals surface area contributed by atoms with Crippen LogP contribution in [0.4, 0.5) is 23.0 Å². The third-order valence-corrected chi connectivity index (χ3v) is 5.56. The first kappa shape index (κ1) is 21.2. The molecule has 0 bridgehead atoms. The molecular weight excluding hydrogens is 433 g/mol. The van der Waals surface area contributed by atoms with E-state index < -0.39 is 0 Å². The van der Waals surface area contributed by atoms with Crippen molar-refractivity contribution in [3.63, 3.8) is 0 Å². The van der Waals surface area contributed by atoms with Crippen LogP contribution in [0.2, 0.25) is 10.0 Å². The van der Waals surface area contributed by atoms with Crippen LogP contribution in [0.3, 0.4) is 0 Å². The Labute approximate surface area is 182 Å². The largest absolute Gasteiger partial charge is 0.505 e. The molecule has 0 spiro atoms. The average Bonchev–Trinajstić information content (AvgIpc) is 3.13. The number of nitrogens with zero attached hydrogens (tertiary/aromatic N) is 3. The van der Waals surface area contributed by atoms with Gasteiger partial charge in [0, 0.05) is 14.1 Å². The van der Waals surface area contributed by atoms with Crippen molar-refractivity contribution in [2.75, 3.05) is 24.7 Å². The maximum atomic E-state index is 12.5. The number of carbonyl (C=O) groups excluding carboxylic acids is 1. The number of benzene rings is 2. The number of carbonyl (C=O) groups is 1. The van der Waals surface area contributed by atoms with Crippen molar-refractivity contribution < 1.29 is 9.90 Å². The first-order valence-electron chi connectivity index (χ1n) is 8.70. The predicted molar refractivity (Wildman–Crippen MR) is 118 cm³/mol. The van der Waals surface area contributed by atoms with Gasteiger partial charge in [-0.05, 0) is 30.2 Å². The molecule has 0 saturated carbocycles. The summed E-state index contributed by atoms with van der Waals surface area (Å²) < 4.78 is 8.45. The fourth-order valence-corrected chi connectivity index (χ4v) is 3.51. The van der Waals surface area contributed by atoms with Gasteiger partial charge in [0.05, 0.1) is 38.7 Å². The summed E-state index contributed by atoms with van der Waals surface area (Å²) in [6, 6.07) is 8.72. The van der Waals surface area contributed by atoms with Gasteiger partial charge >= 0.3 is 0 Å². The van der Waals surface area contributed by atoms with Crippen LogP contribution >= 0.6 is 34.9 Å². The molecule has 152 valence electrons. The van der Waals surface area contributed by atoms with Gasteiger partial charge in [0.15, 0.2) is 17.4 Å². The van der Waals surface area contributed by atoms with E-state index in [4.69, 9.17) is 23.2 Å². The molecule has 0 fully saturated rings. The number of hydrogen-bond donors (Lipinski definition) is 3. The van der Waals surface area contributed by atoms with Crippen LogP contribution in [0.25, 0.3) is 0 Å². The van der Waals surface area contributed by atoms with Gasteiger partial charge in [0.25, 0.3) is 5.91 Å². The molecule has 3 N–H and O–H groups in total. The smallest absolute Gasteiger partial charge is 0.257 e. The standard InChI is InChI=1S/C19H19Cl2N5O2S/c1-4-10-8-9-13(16(27)14(10)19(28)26(2)3)23-18-17(24-29-25-18)22-12-7-5-6-11(20)15(12)21/h5-9,27H,4H2,1-3H3,(H,22,24)(H,23,25). The Morgan fingerprint density at radius 3 is 2.38 bits per heavy atom. The molecule has 2 aromatic carbocycles. The number of anilines is 4. The fraction of sp³-hybridized carbons (Fsp3) is 0.211. The molecule has 7 nitrogen and oxygen atoms in total. The Morgan fingerprint density at radius 2 is 1.76 bits per heavy atom. The minimum Gasteiger partial charge on any atom is -0.505 e. The number of phenolic OH excluding ortho intramolecular Hbond substituents is 1. The van der Waals surface area contributed by atoms with E-state index in [1.165, 1.54) is 4.90 Å². The lowest BCUT2D eigenvalue weighted by Gasteiger charge is -2.17. The molecule has 10 heteroatoms. The summed E-state index contributed by atoms with van der Waals surface area (Å²) in [5.41, 5.74) is 1.94. The van der Waals surface area contributed by atoms with Crippen molar-refractivity contribution in [3.8, 4) is 5.75 Å². The van der Waals surface area contributed by atoms with Crippen molar-refractivity contribution in [1.82, 2.24) is 13.6 Å². The minimum absolute atomic E-state index is 0.136. The highest BCUT2D eigenvalue weighted by molar-refractivity contribution is 6.99. The van der Waals surface area contributed by atoms with Crippen LogP contribution < -0.4 is 10.6 Å². The van der Waals surface area contributed by atoms with E-state index in [1.54, 1.807) is 44.4 Å². The molecule has 29 heavy (non-hydrogen) atoms. The first-order valence-corrected chi connectivity index (χ1v) is 10.2. The van der Waals surface area contributed by atoms with Gasteiger partial charge in [0.2, 0.25) is 0 Å². The molecule has 3 rings (SSSR count). The normalized spacial score (nSPS) is 10.7. The van der Waals surface area contributed by atoms with E-state index in [2.05, 4.69) is 19.4 Å². The SMILES string of the molecule is CCc1ccc(Nc2nsnc2Nc2cccc(Cl)c2Cl)c(O)c1C(=O)N(C)C. The number of amides is 1. The summed E-state index contributed by atoms with van der Waals surface area (Å²) in [4.78, 5) is 14.0. The zero-order valence-electron chi connectivity index (χ0n) is 16.0. The van der Waals surface area contributed by atoms with Crippen molar-refractivity contribution in [1.29, 1.82) is 0 Å². The summed E-state index contributed by atoms with van der Waals surface area (Å²) in [6.45, 7) is 1.93. The molecule has 0 aliphatic rings. The molecule has 1 amide bonds. The monoisotopic (exact) mass is 451 g/mol. The zero-order valence-corrected chi connectivity index (χ0v) is 18.3. The summed E-state index contributed by atoms with van der Waals surface area (Å²) >= 11 is 13.3. The molecule has 0 saturated heterocycles. The van der Waals surface area contributed by atoms with E-state index in [0.29, 0.717) is 39.5 Å². The van der Waals surface area contributed by atoms with E-state index >= 15 is 0 Å². The third kappa shape index (κ3) is 4.39. The van der Waals surface area contributed by atoms with Gasteiger partial charge in [-0.1, -0.05) is 42.3 Å². The summed E-state index contributed by atoms with van der Waals surface area (Å²) in [6.07, 6.45) is 0.612. The second-order valence-corrected chi connectivity index (χ2v) is 7.68. The summed E-state index contributed by atoms with van der Waals surface area (Å²) in [5, 5.41) is 17.7. The Bertz CT molecular complexity index is 1060. The number of phenols is 1. The Balaban J connectivity index is 1.94. The molecule has 0 aliphatic carbocycles. The molecule has 1 aromatic heterocycles. The second-order valence-electron chi connectivity index (χ2n) is 6.36. The zero-order chi connectivity index (χ0) is 21.1. The van der Waals surface area contributed by atoms with E-state index in [-0.39, 0.29) is 17.2 Å². The van der Waals surface area contributed by atoms with Crippen LogP contribution in [0.15, 0.2) is 30.3 Å². The topological polar surface area (TPSA) is 90.4 Å². The van der Waals surface area contributed by atoms with Crippen molar-refractivity contribution >= 4 is 63.8 Å². The molecule has 0 aliphatic heterocycles. The van der Waals surface area contributed by atoms with E-state index in [0.717, 1.165) is 17.3 Å². The van der Waals surface area contributed by atoms with Gasteiger partial charge in [-0.25, -0.2) is 0 Å². The number of aryl methyl sites for hydroxylation is 1. The van der Waals surface area contributed by atoms with Crippen LogP contribution in [0.1, 0.15) is 22.8 Å². The number of halogens is 2. The number of aromatic nitrogens is 2. The van der Waals surface area contributed by atoms with Gasteiger partial charge in [-0.15, -0.1) is 0 Å². The highest BCUT2D eigenvalue weighted by Gasteiger charge is 2.21. The molecule has 0 atom stereocenters. The van der Waals surface area contributed by atoms with Crippen molar-refractivity contribution in [3.05, 3.63) is 51.5 Å². The van der Waals surface area contributed by atoms with Crippen LogP contribution in [-0.2, 0) is 6.42 Å². The Kier molecular flexibility index (Phi) is 6.46. The van der Waals surface area contributed by atoms with Crippen LogP contribution in [-0.4, -0.2) is 38.8 Å². The summed E-state index contributed by atoms with van der Waals surface area (Å²) in [7, 11) is 3.28. The quantitative estimate of drug-likeness (QED) is 0.440. The van der Waals surface area contributed by atoms with Gasteiger partial charge in [-0.2, -0.15) is 8.75 Å². The molecule has 3 aromatic rings. The minimum atomic E-state index is -0.275. The average molecular weight is 452 g/mol. The maximum Gasteiger partial charge on any atom is 0.257 e. The fourth-order valence-electron chi connectivity index (χ4n) is 2.70. The molecule has 1 heterocycles. The lowest BCUT2D eigenvalue weighted by molar-refractivity contribution is 0.0823. The number of nitrogens with one attached hydrogen (secondary N) is 2. The Morgan fingerprint density at radius 1 is 1.10 bits per heavy atom. The number of aromatic hydroxyl groups is 1. The lowest BCUT2D eigenvalue weighted by atomic mass is 10.0. The second kappa shape index (κ2) is 8.86. The molecule has 0 radical (unpaired) electrons. The highest BCUT2D eigenvalue weighted by Crippen LogP contribution is 2.37. The van der Waals surface area contributed by atoms with E-state index in [1.807, 2.05) is 6.92 Å². The predicted octanol–water partition coefficient (Wildman–Crippen LogP) is 5.30. The molecular formula is C19H19Cl2N5O2S. The lowest BCUT2D eigenvalue weighted by Crippen LogP contribution is -2.23. The number of rotatable bonds is 6. The van der Waals surface area contributed by atoms with Crippen molar-refractivity contribution in [2.45, 2.75) is 13.3 Å². The maximum absolute atomic E-state index is 12.5. The third-order valence-electron chi connectivity index (χ3n) is 4.21. The van der Waals surface area contributed by atoms with Gasteiger partial charge in [-0.3, -0.25) is 4.79 Å². The van der Waals surface area contributed by atoms with Crippen LogP contribution in [0, 0.1) is 0 Å². The first-order chi connectivity index (χ1) is 13.8. The Hall–Kier alpha value is -2.55. The van der Waals surface area contributed by atoms with Gasteiger partial charge < -0.3 is 20.6 Å².